The molecule has 2 aromatic carbocycles. The number of amides is 1. The third-order valence-electron chi connectivity index (χ3n) is 5.12. The van der Waals surface area contributed by atoms with E-state index in [0.29, 0.717) is 29.9 Å². The molecule has 1 heterocycles. The average Bonchev–Trinajstić information content (AvgIpc) is 2.75. The lowest BCUT2D eigenvalue weighted by Gasteiger charge is -2.34. The number of halogens is 2. The van der Waals surface area contributed by atoms with Crippen LogP contribution in [0, 0.1) is 17.6 Å². The van der Waals surface area contributed by atoms with E-state index in [1.165, 1.54) is 4.31 Å². The molecule has 3 rings (SSSR count). The van der Waals surface area contributed by atoms with Crippen molar-refractivity contribution >= 4 is 15.9 Å². The molecule has 0 aromatic heterocycles. The van der Waals surface area contributed by atoms with Crippen molar-refractivity contribution in [3.05, 3.63) is 59.7 Å². The maximum absolute atomic E-state index is 13.4. The summed E-state index contributed by atoms with van der Waals surface area (Å²) in [6, 6.07) is 9.38. The molecule has 9 heteroatoms. The number of ether oxygens (including phenoxy) is 1. The number of rotatable bonds is 7. The number of benzene rings is 2. The molecule has 0 radical (unpaired) electrons. The summed E-state index contributed by atoms with van der Waals surface area (Å²) in [7, 11) is -3.96. The van der Waals surface area contributed by atoms with Gasteiger partial charge in [-0.15, -0.1) is 0 Å². The summed E-state index contributed by atoms with van der Waals surface area (Å²) in [4.78, 5) is 14.0. The highest BCUT2D eigenvalue weighted by atomic mass is 32.2. The molecule has 1 aliphatic rings. The van der Waals surface area contributed by atoms with E-state index in [9.17, 15) is 22.0 Å². The standard InChI is InChI=1S/C22H26F2N2O4S/c1-16(2)9-14-30-18-5-3-17(4-6-18)22(27)25-10-12-26(13-11-25)31(28,29)19-7-8-20(23)21(24)15-19/h3-8,15-16H,9-14H2,1-2H3. The van der Waals surface area contributed by atoms with Crippen LogP contribution in [0.25, 0.3) is 0 Å². The van der Waals surface area contributed by atoms with Crippen LogP contribution >= 0.6 is 0 Å². The van der Waals surface area contributed by atoms with E-state index in [1.807, 2.05) is 0 Å². The first-order chi connectivity index (χ1) is 14.7. The molecule has 0 aliphatic carbocycles. The van der Waals surface area contributed by atoms with Gasteiger partial charge in [0.05, 0.1) is 11.5 Å². The fourth-order valence-corrected chi connectivity index (χ4v) is 4.64. The van der Waals surface area contributed by atoms with Gasteiger partial charge in [0.2, 0.25) is 10.0 Å². The van der Waals surface area contributed by atoms with Crippen molar-refractivity contribution in [2.45, 2.75) is 25.2 Å². The first-order valence-electron chi connectivity index (χ1n) is 10.2. The minimum absolute atomic E-state index is 0.0729. The largest absolute Gasteiger partial charge is 0.494 e. The average molecular weight is 453 g/mol. The van der Waals surface area contributed by atoms with Crippen LogP contribution in [-0.4, -0.2) is 56.3 Å². The van der Waals surface area contributed by atoms with E-state index in [2.05, 4.69) is 13.8 Å². The highest BCUT2D eigenvalue weighted by molar-refractivity contribution is 7.89. The Kier molecular flexibility index (Phi) is 7.27. The molecule has 1 aliphatic heterocycles. The normalized spacial score (nSPS) is 15.3. The highest BCUT2D eigenvalue weighted by Crippen LogP contribution is 2.21. The van der Waals surface area contributed by atoms with E-state index in [0.717, 1.165) is 18.6 Å². The Labute approximate surface area is 181 Å². The SMILES string of the molecule is CC(C)CCOc1ccc(C(=O)N2CCN(S(=O)(=O)c3ccc(F)c(F)c3)CC2)cc1. The van der Waals surface area contributed by atoms with Gasteiger partial charge in [0.25, 0.3) is 5.91 Å². The Morgan fingerprint density at radius 3 is 2.23 bits per heavy atom. The summed E-state index contributed by atoms with van der Waals surface area (Å²) in [5.74, 6) is -1.28. The molecule has 168 valence electrons. The van der Waals surface area contributed by atoms with Crippen molar-refractivity contribution in [3.63, 3.8) is 0 Å². The van der Waals surface area contributed by atoms with Gasteiger partial charge in [0.1, 0.15) is 5.75 Å². The Hall–Kier alpha value is -2.52. The van der Waals surface area contributed by atoms with Crippen molar-refractivity contribution in [2.24, 2.45) is 5.92 Å². The van der Waals surface area contributed by atoms with Crippen LogP contribution in [0.15, 0.2) is 47.4 Å². The molecular formula is C22H26F2N2O4S. The lowest BCUT2D eigenvalue weighted by atomic mass is 10.1. The number of carbonyl (C=O) groups is 1. The third kappa shape index (κ3) is 5.59. The Morgan fingerprint density at radius 1 is 1.00 bits per heavy atom. The summed E-state index contributed by atoms with van der Waals surface area (Å²) in [5.41, 5.74) is 0.494. The zero-order valence-electron chi connectivity index (χ0n) is 17.6. The zero-order chi connectivity index (χ0) is 22.6. The van der Waals surface area contributed by atoms with Gasteiger partial charge in [-0.3, -0.25) is 4.79 Å². The number of hydrogen-bond acceptors (Lipinski definition) is 4. The van der Waals surface area contributed by atoms with Crippen molar-refractivity contribution in [3.8, 4) is 5.75 Å². The molecule has 0 N–H and O–H groups in total. The van der Waals surface area contributed by atoms with Crippen LogP contribution in [-0.2, 0) is 10.0 Å². The fraction of sp³-hybridized carbons (Fsp3) is 0.409. The van der Waals surface area contributed by atoms with Crippen LogP contribution in [0.3, 0.4) is 0 Å². The molecule has 6 nitrogen and oxygen atoms in total. The van der Waals surface area contributed by atoms with Crippen LogP contribution in [0.2, 0.25) is 0 Å². The van der Waals surface area contributed by atoms with E-state index >= 15 is 0 Å². The molecule has 1 fully saturated rings. The van der Waals surface area contributed by atoms with Gasteiger partial charge in [-0.05, 0) is 54.8 Å². The second-order valence-electron chi connectivity index (χ2n) is 7.83. The van der Waals surface area contributed by atoms with E-state index < -0.39 is 21.7 Å². The lowest BCUT2D eigenvalue weighted by Crippen LogP contribution is -2.50. The molecule has 1 saturated heterocycles. The molecule has 0 atom stereocenters. The second-order valence-corrected chi connectivity index (χ2v) is 9.77. The summed E-state index contributed by atoms with van der Waals surface area (Å²) in [6.07, 6.45) is 0.943. The van der Waals surface area contributed by atoms with Gasteiger partial charge in [0.15, 0.2) is 11.6 Å². The quantitative estimate of drug-likeness (QED) is 0.645. The van der Waals surface area contributed by atoms with Crippen molar-refractivity contribution in [1.82, 2.24) is 9.21 Å². The molecule has 0 unspecified atom stereocenters. The second kappa shape index (κ2) is 9.74. The summed E-state index contributed by atoms with van der Waals surface area (Å²) in [5, 5.41) is 0. The third-order valence-corrected chi connectivity index (χ3v) is 7.01. The molecule has 31 heavy (non-hydrogen) atoms. The van der Waals surface area contributed by atoms with Gasteiger partial charge in [-0.2, -0.15) is 4.31 Å². The van der Waals surface area contributed by atoms with Crippen molar-refractivity contribution < 1.29 is 26.7 Å². The van der Waals surface area contributed by atoms with Crippen LogP contribution in [0.5, 0.6) is 5.75 Å². The Balaban J connectivity index is 1.58. The summed E-state index contributed by atoms with van der Waals surface area (Å²) >= 11 is 0. The summed E-state index contributed by atoms with van der Waals surface area (Å²) < 4.78 is 58.8. The first kappa shape index (κ1) is 23.1. The zero-order valence-corrected chi connectivity index (χ0v) is 18.4. The smallest absolute Gasteiger partial charge is 0.253 e. The van der Waals surface area contributed by atoms with Gasteiger partial charge < -0.3 is 9.64 Å². The monoisotopic (exact) mass is 452 g/mol. The van der Waals surface area contributed by atoms with E-state index in [4.69, 9.17) is 4.74 Å². The maximum Gasteiger partial charge on any atom is 0.253 e. The van der Waals surface area contributed by atoms with Crippen molar-refractivity contribution in [2.75, 3.05) is 32.8 Å². The number of nitrogens with zero attached hydrogens (tertiary/aromatic N) is 2. The predicted octanol–water partition coefficient (Wildman–Crippen LogP) is 3.54. The molecule has 0 bridgehead atoms. The highest BCUT2D eigenvalue weighted by Gasteiger charge is 2.31. The number of piperazine rings is 1. The maximum atomic E-state index is 13.4. The van der Waals surface area contributed by atoms with Gasteiger partial charge >= 0.3 is 0 Å². The minimum atomic E-state index is -3.96. The Morgan fingerprint density at radius 2 is 1.65 bits per heavy atom. The minimum Gasteiger partial charge on any atom is -0.494 e. The first-order valence-corrected chi connectivity index (χ1v) is 11.6. The number of carbonyl (C=O) groups excluding carboxylic acids is 1. The van der Waals surface area contributed by atoms with E-state index in [-0.39, 0.29) is 37.0 Å². The Bertz CT molecular complexity index is 1020. The fourth-order valence-electron chi connectivity index (χ4n) is 3.21. The lowest BCUT2D eigenvalue weighted by molar-refractivity contribution is 0.0698. The number of sulfonamides is 1. The number of hydrogen-bond donors (Lipinski definition) is 0. The van der Waals surface area contributed by atoms with Gasteiger partial charge in [0, 0.05) is 31.7 Å². The van der Waals surface area contributed by atoms with Crippen LogP contribution in [0.4, 0.5) is 8.78 Å². The molecular weight excluding hydrogens is 426 g/mol. The van der Waals surface area contributed by atoms with Crippen LogP contribution in [0.1, 0.15) is 30.6 Å². The summed E-state index contributed by atoms with van der Waals surface area (Å²) in [6.45, 7) is 5.40. The molecule has 0 spiro atoms. The van der Waals surface area contributed by atoms with Crippen LogP contribution < -0.4 is 4.74 Å². The van der Waals surface area contributed by atoms with E-state index in [1.54, 1.807) is 29.2 Å². The van der Waals surface area contributed by atoms with Gasteiger partial charge in [-0.1, -0.05) is 13.8 Å². The van der Waals surface area contributed by atoms with Gasteiger partial charge in [-0.25, -0.2) is 17.2 Å². The predicted molar refractivity (Wildman–Crippen MR) is 112 cm³/mol. The molecule has 2 aromatic rings. The molecule has 0 saturated carbocycles. The topological polar surface area (TPSA) is 66.9 Å². The molecule has 1 amide bonds. The van der Waals surface area contributed by atoms with Crippen molar-refractivity contribution in [1.29, 1.82) is 0 Å².